The number of carbonyl (C=O) groups is 2. The highest BCUT2D eigenvalue weighted by Crippen LogP contribution is 2.51. The molecule has 1 fully saturated rings. The number of rotatable bonds is 14. The largest absolute Gasteiger partial charge is 0.353 e. The van der Waals surface area contributed by atoms with Crippen LogP contribution in [0, 0.1) is 0 Å². The molecule has 220 valence electrons. The van der Waals surface area contributed by atoms with Crippen molar-refractivity contribution in [1.29, 1.82) is 0 Å². The van der Waals surface area contributed by atoms with Crippen molar-refractivity contribution in [3.8, 4) is 0 Å². The van der Waals surface area contributed by atoms with Gasteiger partial charge in [0.2, 0.25) is 11.8 Å². The Morgan fingerprint density at radius 3 is 2.02 bits per heavy atom. The van der Waals surface area contributed by atoms with Gasteiger partial charge < -0.3 is 24.6 Å². The van der Waals surface area contributed by atoms with Crippen LogP contribution in [-0.2, 0) is 35.8 Å². The van der Waals surface area contributed by atoms with Crippen LogP contribution in [0.25, 0.3) is 0 Å². The molecule has 0 unspecified atom stereocenters. The first-order valence-corrected chi connectivity index (χ1v) is 16.1. The molecule has 2 aromatic carbocycles. The van der Waals surface area contributed by atoms with E-state index in [1.165, 1.54) is 5.56 Å². The van der Waals surface area contributed by atoms with E-state index in [0.717, 1.165) is 42.7 Å². The lowest BCUT2D eigenvalue weighted by Gasteiger charge is -2.45. The Labute approximate surface area is 243 Å². The number of nitrogens with zero attached hydrogens (tertiary/aromatic N) is 1. The molecule has 2 N–H and O–H groups in total. The zero-order valence-corrected chi connectivity index (χ0v) is 25.7. The third-order valence-electron chi connectivity index (χ3n) is 7.52. The highest BCUT2D eigenvalue weighted by molar-refractivity contribution is 7.53. The number of hydrogen-bond acceptors (Lipinski definition) is 6. The number of nitrogens with one attached hydrogen (secondary N) is 2. The fraction of sp³-hybridized carbons (Fsp3) is 0.533. The molecule has 2 amide bonds. The number of benzene rings is 2. The standard InChI is InChI=1S/C30H43ClN3O5P/c1-5-38-40(37,39-6-2)22-24-9-13-26(14-10-24)32-28(35)15-16-29(36)33-27-17-19-30(20-18-27,34(3)4)21-23-7-11-25(31)12-8-23/h7-14,27H,5-6,15-22H2,1-4H3,(H,32,35)(H,33,36). The second-order valence-corrected chi connectivity index (χ2v) is 13.1. The molecule has 0 saturated heterocycles. The molecule has 0 aliphatic heterocycles. The van der Waals surface area contributed by atoms with Gasteiger partial charge in [0.25, 0.3) is 0 Å². The van der Waals surface area contributed by atoms with E-state index in [9.17, 15) is 14.2 Å². The summed E-state index contributed by atoms with van der Waals surface area (Å²) in [5.41, 5.74) is 2.72. The summed E-state index contributed by atoms with van der Waals surface area (Å²) in [7, 11) is 1.06. The Morgan fingerprint density at radius 1 is 0.925 bits per heavy atom. The van der Waals surface area contributed by atoms with E-state index in [1.807, 2.05) is 12.1 Å². The molecule has 0 aromatic heterocycles. The van der Waals surface area contributed by atoms with Crippen molar-refractivity contribution in [2.24, 2.45) is 0 Å². The van der Waals surface area contributed by atoms with Gasteiger partial charge in [0.15, 0.2) is 0 Å². The van der Waals surface area contributed by atoms with Crippen LogP contribution in [0.2, 0.25) is 5.02 Å². The quantitative estimate of drug-likeness (QED) is 0.246. The fourth-order valence-corrected chi connectivity index (χ4v) is 7.08. The van der Waals surface area contributed by atoms with Gasteiger partial charge in [0.1, 0.15) is 0 Å². The zero-order chi connectivity index (χ0) is 29.2. The molecule has 8 nitrogen and oxygen atoms in total. The number of carbonyl (C=O) groups excluding carboxylic acids is 2. The molecule has 0 spiro atoms. The Bertz CT molecular complexity index is 1140. The first kappa shape index (κ1) is 32.3. The summed E-state index contributed by atoms with van der Waals surface area (Å²) in [6, 6.07) is 15.2. The summed E-state index contributed by atoms with van der Waals surface area (Å²) in [5.74, 6) is -0.330. The highest BCUT2D eigenvalue weighted by atomic mass is 35.5. The average Bonchev–Trinajstić information content (AvgIpc) is 2.91. The van der Waals surface area contributed by atoms with Crippen LogP contribution in [0.4, 0.5) is 5.69 Å². The molecule has 1 saturated carbocycles. The summed E-state index contributed by atoms with van der Waals surface area (Å²) in [6.07, 6.45) is 5.10. The number of halogens is 1. The molecule has 0 radical (unpaired) electrons. The molecular formula is C30H43ClN3O5P. The molecule has 0 bridgehead atoms. The molecule has 10 heteroatoms. The fourth-order valence-electron chi connectivity index (χ4n) is 5.25. The average molecular weight is 592 g/mol. The zero-order valence-electron chi connectivity index (χ0n) is 24.1. The lowest BCUT2D eigenvalue weighted by molar-refractivity contribution is -0.125. The Balaban J connectivity index is 1.42. The number of anilines is 1. The maximum absolute atomic E-state index is 12.7. The van der Waals surface area contributed by atoms with Crippen LogP contribution in [-0.4, -0.2) is 55.6 Å². The van der Waals surface area contributed by atoms with Gasteiger partial charge in [-0.25, -0.2) is 0 Å². The highest BCUT2D eigenvalue weighted by Gasteiger charge is 2.37. The van der Waals surface area contributed by atoms with Crippen molar-refractivity contribution >= 4 is 36.7 Å². The van der Waals surface area contributed by atoms with Crippen LogP contribution >= 0.6 is 19.2 Å². The van der Waals surface area contributed by atoms with E-state index in [0.29, 0.717) is 18.9 Å². The minimum absolute atomic E-state index is 0.0491. The summed E-state index contributed by atoms with van der Waals surface area (Å²) in [6.45, 7) is 4.17. The van der Waals surface area contributed by atoms with Crippen molar-refractivity contribution in [2.75, 3.05) is 32.6 Å². The molecule has 1 aliphatic carbocycles. The lowest BCUT2D eigenvalue weighted by atomic mass is 9.75. The van der Waals surface area contributed by atoms with E-state index < -0.39 is 7.60 Å². The second kappa shape index (κ2) is 15.1. The third-order valence-corrected chi connectivity index (χ3v) is 9.83. The van der Waals surface area contributed by atoms with Crippen molar-refractivity contribution in [1.82, 2.24) is 10.2 Å². The van der Waals surface area contributed by atoms with Crippen LogP contribution in [0.15, 0.2) is 48.5 Å². The van der Waals surface area contributed by atoms with Crippen LogP contribution in [0.3, 0.4) is 0 Å². The van der Waals surface area contributed by atoms with Gasteiger partial charge in [0, 0.05) is 35.1 Å². The topological polar surface area (TPSA) is 97.0 Å². The van der Waals surface area contributed by atoms with Crippen molar-refractivity contribution in [2.45, 2.75) is 76.5 Å². The lowest BCUT2D eigenvalue weighted by Crippen LogP contribution is -2.52. The first-order chi connectivity index (χ1) is 19.1. The van der Waals surface area contributed by atoms with Crippen LogP contribution < -0.4 is 10.6 Å². The molecule has 40 heavy (non-hydrogen) atoms. The predicted octanol–water partition coefficient (Wildman–Crippen LogP) is 6.43. The Hall–Kier alpha value is -2.22. The van der Waals surface area contributed by atoms with Crippen LogP contribution in [0.5, 0.6) is 0 Å². The molecule has 1 aliphatic rings. The van der Waals surface area contributed by atoms with E-state index in [-0.39, 0.29) is 42.4 Å². The van der Waals surface area contributed by atoms with Crippen molar-refractivity contribution in [3.05, 3.63) is 64.7 Å². The Kier molecular flexibility index (Phi) is 12.2. The number of likely N-dealkylation sites (N-methyl/N-ethyl adjacent to an activating group) is 1. The van der Waals surface area contributed by atoms with Gasteiger partial charge in [0.05, 0.1) is 19.4 Å². The van der Waals surface area contributed by atoms with Gasteiger partial charge in [-0.15, -0.1) is 0 Å². The SMILES string of the molecule is CCOP(=O)(Cc1ccc(NC(=O)CCC(=O)NC2CCC(Cc3ccc(Cl)cc3)(N(C)C)CC2)cc1)OCC. The number of hydrogen-bond donors (Lipinski definition) is 2. The van der Waals surface area contributed by atoms with Gasteiger partial charge in [-0.1, -0.05) is 35.9 Å². The Morgan fingerprint density at radius 2 is 1.48 bits per heavy atom. The van der Waals surface area contributed by atoms with Crippen molar-refractivity contribution < 1.29 is 23.2 Å². The van der Waals surface area contributed by atoms with Gasteiger partial charge in [-0.2, -0.15) is 0 Å². The maximum atomic E-state index is 12.7. The number of amides is 2. The second-order valence-electron chi connectivity index (χ2n) is 10.6. The van der Waals surface area contributed by atoms with Crippen LogP contribution in [0.1, 0.15) is 63.5 Å². The summed E-state index contributed by atoms with van der Waals surface area (Å²) < 4.78 is 23.4. The third kappa shape index (κ3) is 9.71. The van der Waals surface area contributed by atoms with E-state index in [1.54, 1.807) is 38.1 Å². The van der Waals surface area contributed by atoms with E-state index in [2.05, 4.69) is 41.8 Å². The monoisotopic (exact) mass is 591 g/mol. The minimum Gasteiger partial charge on any atom is -0.353 e. The molecule has 3 rings (SSSR count). The minimum atomic E-state index is -3.19. The first-order valence-electron chi connectivity index (χ1n) is 14.0. The summed E-state index contributed by atoms with van der Waals surface area (Å²) >= 11 is 6.06. The summed E-state index contributed by atoms with van der Waals surface area (Å²) in [4.78, 5) is 27.4. The van der Waals surface area contributed by atoms with Gasteiger partial charge in [-0.3, -0.25) is 14.2 Å². The van der Waals surface area contributed by atoms with E-state index >= 15 is 0 Å². The molecular weight excluding hydrogens is 549 g/mol. The molecule has 0 heterocycles. The maximum Gasteiger partial charge on any atom is 0.335 e. The van der Waals surface area contributed by atoms with E-state index in [4.69, 9.17) is 20.6 Å². The van der Waals surface area contributed by atoms with Gasteiger partial charge >= 0.3 is 7.60 Å². The smallest absolute Gasteiger partial charge is 0.335 e. The normalized spacial score (nSPS) is 19.4. The predicted molar refractivity (Wildman–Crippen MR) is 161 cm³/mol. The van der Waals surface area contributed by atoms with Gasteiger partial charge in [-0.05, 0) is 95.4 Å². The molecule has 2 aromatic rings. The molecule has 0 atom stereocenters. The summed E-state index contributed by atoms with van der Waals surface area (Å²) in [5, 5.41) is 6.70. The van der Waals surface area contributed by atoms with Crippen molar-refractivity contribution in [3.63, 3.8) is 0 Å².